The summed E-state index contributed by atoms with van der Waals surface area (Å²) < 4.78 is 1.06. The molecule has 2 fully saturated rings. The second kappa shape index (κ2) is 6.93. The molecule has 3 atom stereocenters. The Balaban J connectivity index is 1.50. The molecule has 1 saturated carbocycles. The van der Waals surface area contributed by atoms with Gasteiger partial charge in [0.05, 0.1) is 6.04 Å². The van der Waals surface area contributed by atoms with Crippen molar-refractivity contribution < 1.29 is 4.79 Å². The predicted molar refractivity (Wildman–Crippen MR) is 87.9 cm³/mol. The van der Waals surface area contributed by atoms with Crippen molar-refractivity contribution in [2.75, 3.05) is 0 Å². The lowest BCUT2D eigenvalue weighted by Crippen LogP contribution is -2.54. The van der Waals surface area contributed by atoms with Crippen LogP contribution in [0.2, 0.25) is 0 Å². The summed E-state index contributed by atoms with van der Waals surface area (Å²) in [6, 6.07) is 8.65. The minimum atomic E-state index is -0.000187. The largest absolute Gasteiger partial charge is 0.351 e. The molecule has 0 radical (unpaired) electrons. The fourth-order valence-corrected chi connectivity index (χ4v) is 3.88. The number of carbonyl (C=O) groups excluding carboxylic acids is 1. The van der Waals surface area contributed by atoms with Crippen molar-refractivity contribution in [2.45, 2.75) is 57.2 Å². The summed E-state index contributed by atoms with van der Waals surface area (Å²) in [6.45, 7) is 0.610. The normalized spacial score (nSPS) is 28.7. The van der Waals surface area contributed by atoms with Crippen molar-refractivity contribution >= 4 is 21.8 Å². The zero-order valence-corrected chi connectivity index (χ0v) is 13.9. The van der Waals surface area contributed by atoms with Gasteiger partial charge in [0, 0.05) is 17.1 Å². The molecule has 3 nitrogen and oxygen atoms in total. The fourth-order valence-electron chi connectivity index (χ4n) is 3.62. The summed E-state index contributed by atoms with van der Waals surface area (Å²) in [5.74, 6) is 0.955. The van der Waals surface area contributed by atoms with E-state index in [2.05, 4.69) is 26.6 Å². The van der Waals surface area contributed by atoms with E-state index in [0.717, 1.165) is 22.4 Å². The van der Waals surface area contributed by atoms with Gasteiger partial charge in [0.1, 0.15) is 0 Å². The predicted octanol–water partition coefficient (Wildman–Crippen LogP) is 3.38. The van der Waals surface area contributed by atoms with Crippen molar-refractivity contribution in [1.82, 2.24) is 10.6 Å². The lowest BCUT2D eigenvalue weighted by Gasteiger charge is -2.39. The molecule has 0 spiro atoms. The molecule has 2 aliphatic rings. The van der Waals surface area contributed by atoms with Crippen LogP contribution in [0.25, 0.3) is 0 Å². The number of benzene rings is 1. The third-order valence-electron chi connectivity index (χ3n) is 4.85. The third kappa shape index (κ3) is 3.86. The topological polar surface area (TPSA) is 41.1 Å². The molecule has 1 aromatic rings. The van der Waals surface area contributed by atoms with E-state index in [9.17, 15) is 4.79 Å². The summed E-state index contributed by atoms with van der Waals surface area (Å²) in [7, 11) is 0. The monoisotopic (exact) mass is 350 g/mol. The highest BCUT2D eigenvalue weighted by atomic mass is 79.9. The van der Waals surface area contributed by atoms with Gasteiger partial charge in [-0.3, -0.25) is 4.79 Å². The SMILES string of the molecule is O=C(NCc1ccc(Br)cc1)C1CCC2CCCCC2N1. The lowest BCUT2D eigenvalue weighted by atomic mass is 9.77. The van der Waals surface area contributed by atoms with Gasteiger partial charge in [0.25, 0.3) is 0 Å². The number of piperidine rings is 1. The van der Waals surface area contributed by atoms with E-state index in [-0.39, 0.29) is 11.9 Å². The number of rotatable bonds is 3. The molecule has 3 unspecified atom stereocenters. The zero-order chi connectivity index (χ0) is 14.7. The van der Waals surface area contributed by atoms with Crippen LogP contribution in [0.4, 0.5) is 0 Å². The average molecular weight is 351 g/mol. The molecule has 3 rings (SSSR count). The maximum absolute atomic E-state index is 12.3. The molecule has 21 heavy (non-hydrogen) atoms. The van der Waals surface area contributed by atoms with Crippen LogP contribution in [0.3, 0.4) is 0 Å². The number of hydrogen-bond donors (Lipinski definition) is 2. The van der Waals surface area contributed by atoms with Crippen LogP contribution in [-0.2, 0) is 11.3 Å². The van der Waals surface area contributed by atoms with E-state index in [1.54, 1.807) is 0 Å². The molecule has 0 aromatic heterocycles. The first-order chi connectivity index (χ1) is 10.2. The van der Waals surface area contributed by atoms with E-state index in [4.69, 9.17) is 0 Å². The molecule has 1 aliphatic heterocycles. The molecule has 114 valence electrons. The van der Waals surface area contributed by atoms with E-state index >= 15 is 0 Å². The number of amides is 1. The number of fused-ring (bicyclic) bond motifs is 1. The van der Waals surface area contributed by atoms with Crippen molar-refractivity contribution in [3.8, 4) is 0 Å². The van der Waals surface area contributed by atoms with Crippen LogP contribution in [0, 0.1) is 5.92 Å². The van der Waals surface area contributed by atoms with Crippen LogP contribution in [0.1, 0.15) is 44.1 Å². The third-order valence-corrected chi connectivity index (χ3v) is 5.38. The van der Waals surface area contributed by atoms with Gasteiger partial charge in [-0.15, -0.1) is 0 Å². The van der Waals surface area contributed by atoms with Gasteiger partial charge < -0.3 is 10.6 Å². The van der Waals surface area contributed by atoms with Crippen LogP contribution < -0.4 is 10.6 Å². The van der Waals surface area contributed by atoms with Gasteiger partial charge in [-0.2, -0.15) is 0 Å². The van der Waals surface area contributed by atoms with Gasteiger partial charge in [0.2, 0.25) is 5.91 Å². The number of hydrogen-bond acceptors (Lipinski definition) is 2. The number of halogens is 1. The Morgan fingerprint density at radius 1 is 1.14 bits per heavy atom. The molecule has 0 bridgehead atoms. The van der Waals surface area contributed by atoms with Gasteiger partial charge >= 0.3 is 0 Å². The first-order valence-corrected chi connectivity index (χ1v) is 8.80. The minimum Gasteiger partial charge on any atom is -0.351 e. The van der Waals surface area contributed by atoms with E-state index < -0.39 is 0 Å². The Labute approximate surface area is 135 Å². The summed E-state index contributed by atoms with van der Waals surface area (Å²) in [5, 5.41) is 6.65. The molecule has 1 heterocycles. The lowest BCUT2D eigenvalue weighted by molar-refractivity contribution is -0.124. The van der Waals surface area contributed by atoms with Crippen molar-refractivity contribution in [2.24, 2.45) is 5.92 Å². The molecule has 1 saturated heterocycles. The van der Waals surface area contributed by atoms with Gasteiger partial charge in [0.15, 0.2) is 0 Å². The van der Waals surface area contributed by atoms with Crippen molar-refractivity contribution in [3.05, 3.63) is 34.3 Å². The highest BCUT2D eigenvalue weighted by Gasteiger charge is 2.34. The maximum Gasteiger partial charge on any atom is 0.237 e. The molecule has 1 amide bonds. The van der Waals surface area contributed by atoms with E-state index in [1.165, 1.54) is 32.1 Å². The first kappa shape index (κ1) is 15.0. The summed E-state index contributed by atoms with van der Waals surface area (Å²) >= 11 is 3.42. The molecular weight excluding hydrogens is 328 g/mol. The average Bonchev–Trinajstić information content (AvgIpc) is 2.53. The fraction of sp³-hybridized carbons (Fsp3) is 0.588. The molecular formula is C17H23BrN2O. The molecule has 1 aromatic carbocycles. The number of carbonyl (C=O) groups is 1. The first-order valence-electron chi connectivity index (χ1n) is 8.00. The quantitative estimate of drug-likeness (QED) is 0.877. The standard InChI is InChI=1S/C17H23BrN2O/c18-14-8-5-12(6-9-14)11-19-17(21)16-10-7-13-3-1-2-4-15(13)20-16/h5-6,8-9,13,15-16,20H,1-4,7,10-11H2,(H,19,21). The van der Waals surface area contributed by atoms with Crippen LogP contribution in [0.15, 0.2) is 28.7 Å². The van der Waals surface area contributed by atoms with Gasteiger partial charge in [-0.1, -0.05) is 40.9 Å². The maximum atomic E-state index is 12.3. The van der Waals surface area contributed by atoms with E-state index in [0.29, 0.717) is 12.6 Å². The second-order valence-corrected chi connectivity index (χ2v) is 7.21. The smallest absolute Gasteiger partial charge is 0.237 e. The zero-order valence-electron chi connectivity index (χ0n) is 12.3. The van der Waals surface area contributed by atoms with Gasteiger partial charge in [-0.05, 0) is 49.3 Å². The molecule has 4 heteroatoms. The number of nitrogens with one attached hydrogen (secondary N) is 2. The second-order valence-electron chi connectivity index (χ2n) is 6.29. The minimum absolute atomic E-state index is 0.000187. The Bertz CT molecular complexity index is 488. The van der Waals surface area contributed by atoms with Crippen LogP contribution in [-0.4, -0.2) is 18.0 Å². The van der Waals surface area contributed by atoms with Gasteiger partial charge in [-0.25, -0.2) is 0 Å². The summed E-state index contributed by atoms with van der Waals surface area (Å²) in [4.78, 5) is 12.3. The van der Waals surface area contributed by atoms with Crippen LogP contribution in [0.5, 0.6) is 0 Å². The summed E-state index contributed by atoms with van der Waals surface area (Å²) in [6.07, 6.45) is 7.43. The van der Waals surface area contributed by atoms with Crippen LogP contribution >= 0.6 is 15.9 Å². The highest BCUT2D eigenvalue weighted by molar-refractivity contribution is 9.10. The van der Waals surface area contributed by atoms with Crippen molar-refractivity contribution in [1.29, 1.82) is 0 Å². The van der Waals surface area contributed by atoms with E-state index in [1.807, 2.05) is 24.3 Å². The Morgan fingerprint density at radius 3 is 2.71 bits per heavy atom. The highest BCUT2D eigenvalue weighted by Crippen LogP contribution is 2.32. The summed E-state index contributed by atoms with van der Waals surface area (Å²) in [5.41, 5.74) is 1.14. The Hall–Kier alpha value is -0.870. The Morgan fingerprint density at radius 2 is 1.90 bits per heavy atom. The molecule has 1 aliphatic carbocycles. The molecule has 2 N–H and O–H groups in total. The van der Waals surface area contributed by atoms with Crippen molar-refractivity contribution in [3.63, 3.8) is 0 Å². The Kier molecular flexibility index (Phi) is 4.96.